The third-order valence-corrected chi connectivity index (χ3v) is 3.67. The molecule has 0 amide bonds. The predicted molar refractivity (Wildman–Crippen MR) is 74.9 cm³/mol. The van der Waals surface area contributed by atoms with Gasteiger partial charge in [0.05, 0.1) is 6.10 Å². The van der Waals surface area contributed by atoms with Gasteiger partial charge in [0.15, 0.2) is 0 Å². The summed E-state index contributed by atoms with van der Waals surface area (Å²) >= 11 is 0. The van der Waals surface area contributed by atoms with Crippen molar-refractivity contribution in [2.75, 3.05) is 13.2 Å². The number of hydrogen-bond donors (Lipinski definition) is 3. The number of phenolic OH excluding ortho intramolecular Hbond substituents is 1. The Morgan fingerprint density at radius 3 is 2.60 bits per heavy atom. The Bertz CT molecular complexity index is 472. The summed E-state index contributed by atoms with van der Waals surface area (Å²) in [5.41, 5.74) is 2.03. The molecular formula is C15H21NO4. The minimum atomic E-state index is -0.924. The van der Waals surface area contributed by atoms with Crippen LogP contribution in [-0.2, 0) is 9.53 Å². The van der Waals surface area contributed by atoms with E-state index in [1.54, 1.807) is 26.0 Å². The molecule has 1 fully saturated rings. The highest BCUT2D eigenvalue weighted by atomic mass is 16.5. The minimum absolute atomic E-state index is 0.0937. The second-order valence-electron chi connectivity index (χ2n) is 5.32. The molecule has 2 rings (SSSR count). The molecule has 1 aliphatic rings. The summed E-state index contributed by atoms with van der Waals surface area (Å²) in [4.78, 5) is 11.4. The summed E-state index contributed by atoms with van der Waals surface area (Å²) in [6.07, 6.45) is 2.09. The van der Waals surface area contributed by atoms with Crippen LogP contribution in [0.1, 0.15) is 35.6 Å². The van der Waals surface area contributed by atoms with E-state index < -0.39 is 12.0 Å². The minimum Gasteiger partial charge on any atom is -0.507 e. The maximum Gasteiger partial charge on any atom is 0.325 e. The molecule has 2 unspecified atom stereocenters. The predicted octanol–water partition coefficient (Wildman–Crippen LogP) is 1.90. The van der Waals surface area contributed by atoms with Crippen LogP contribution in [0.5, 0.6) is 5.75 Å². The molecule has 3 N–H and O–H groups in total. The molecule has 2 atom stereocenters. The van der Waals surface area contributed by atoms with E-state index in [2.05, 4.69) is 5.32 Å². The number of rotatable bonds is 5. The highest BCUT2D eigenvalue weighted by Crippen LogP contribution is 2.26. The van der Waals surface area contributed by atoms with Gasteiger partial charge in [0.25, 0.3) is 0 Å². The Morgan fingerprint density at radius 2 is 2.10 bits per heavy atom. The SMILES string of the molecule is Cc1cc(C(NCC2CCCO2)C(=O)O)cc(C)c1O. The quantitative estimate of drug-likeness (QED) is 0.767. The summed E-state index contributed by atoms with van der Waals surface area (Å²) in [7, 11) is 0. The van der Waals surface area contributed by atoms with Crippen molar-refractivity contribution in [1.82, 2.24) is 5.32 Å². The molecule has 1 aromatic rings. The van der Waals surface area contributed by atoms with Crippen molar-refractivity contribution >= 4 is 5.97 Å². The van der Waals surface area contributed by atoms with Gasteiger partial charge in [-0.3, -0.25) is 10.1 Å². The van der Waals surface area contributed by atoms with Crippen molar-refractivity contribution in [2.45, 2.75) is 38.8 Å². The monoisotopic (exact) mass is 279 g/mol. The van der Waals surface area contributed by atoms with Gasteiger partial charge in [-0.1, -0.05) is 12.1 Å². The van der Waals surface area contributed by atoms with Crippen LogP contribution in [0, 0.1) is 13.8 Å². The number of carboxylic acid groups (broad SMARTS) is 1. The van der Waals surface area contributed by atoms with E-state index in [-0.39, 0.29) is 11.9 Å². The van der Waals surface area contributed by atoms with Gasteiger partial charge in [-0.15, -0.1) is 0 Å². The molecule has 0 spiro atoms. The van der Waals surface area contributed by atoms with Crippen LogP contribution < -0.4 is 5.32 Å². The van der Waals surface area contributed by atoms with Gasteiger partial charge < -0.3 is 14.9 Å². The average Bonchev–Trinajstić information content (AvgIpc) is 2.88. The number of ether oxygens (including phenoxy) is 1. The van der Waals surface area contributed by atoms with Gasteiger partial charge in [0.1, 0.15) is 11.8 Å². The van der Waals surface area contributed by atoms with Crippen LogP contribution in [0.25, 0.3) is 0 Å². The third kappa shape index (κ3) is 3.29. The molecule has 0 saturated carbocycles. The molecule has 0 aliphatic carbocycles. The number of phenols is 1. The Labute approximate surface area is 118 Å². The number of aliphatic carboxylic acids is 1. The number of benzene rings is 1. The molecule has 20 heavy (non-hydrogen) atoms. The lowest BCUT2D eigenvalue weighted by atomic mass is 10.00. The van der Waals surface area contributed by atoms with E-state index in [1.165, 1.54) is 0 Å². The van der Waals surface area contributed by atoms with E-state index in [0.29, 0.717) is 23.2 Å². The lowest BCUT2D eigenvalue weighted by Gasteiger charge is -2.19. The maximum atomic E-state index is 11.4. The molecule has 5 nitrogen and oxygen atoms in total. The second-order valence-corrected chi connectivity index (χ2v) is 5.32. The topological polar surface area (TPSA) is 78.8 Å². The van der Waals surface area contributed by atoms with Gasteiger partial charge in [0.2, 0.25) is 0 Å². The van der Waals surface area contributed by atoms with Crippen molar-refractivity contribution in [2.24, 2.45) is 0 Å². The summed E-state index contributed by atoms with van der Waals surface area (Å²) in [6, 6.07) is 2.64. The van der Waals surface area contributed by atoms with Gasteiger partial charge >= 0.3 is 5.97 Å². The summed E-state index contributed by atoms with van der Waals surface area (Å²) in [5.74, 6) is -0.704. The molecule has 1 heterocycles. The molecular weight excluding hydrogens is 258 g/mol. The van der Waals surface area contributed by atoms with Crippen molar-refractivity contribution in [1.29, 1.82) is 0 Å². The molecule has 1 aliphatic heterocycles. The molecule has 5 heteroatoms. The molecule has 1 aromatic carbocycles. The smallest absolute Gasteiger partial charge is 0.325 e. The Balaban J connectivity index is 2.13. The van der Waals surface area contributed by atoms with E-state index in [9.17, 15) is 15.0 Å². The molecule has 0 radical (unpaired) electrons. The van der Waals surface area contributed by atoms with Crippen LogP contribution in [0.3, 0.4) is 0 Å². The molecule has 0 bridgehead atoms. The molecule has 110 valence electrons. The van der Waals surface area contributed by atoms with E-state index in [1.807, 2.05) is 0 Å². The van der Waals surface area contributed by atoms with Crippen LogP contribution in [0.4, 0.5) is 0 Å². The van der Waals surface area contributed by atoms with Crippen LogP contribution in [-0.4, -0.2) is 35.4 Å². The van der Waals surface area contributed by atoms with Crippen molar-refractivity contribution in [3.63, 3.8) is 0 Å². The zero-order valence-electron chi connectivity index (χ0n) is 11.8. The van der Waals surface area contributed by atoms with Gasteiger partial charge in [0, 0.05) is 13.2 Å². The van der Waals surface area contributed by atoms with E-state index in [0.717, 1.165) is 19.4 Å². The number of hydrogen-bond acceptors (Lipinski definition) is 4. The number of nitrogens with one attached hydrogen (secondary N) is 1. The first kappa shape index (κ1) is 14.8. The highest BCUT2D eigenvalue weighted by molar-refractivity contribution is 5.76. The number of carboxylic acids is 1. The Kier molecular flexibility index (Phi) is 4.62. The fourth-order valence-corrected chi connectivity index (χ4v) is 2.56. The second kappa shape index (κ2) is 6.24. The maximum absolute atomic E-state index is 11.4. The van der Waals surface area contributed by atoms with Crippen LogP contribution in [0.15, 0.2) is 12.1 Å². The fourth-order valence-electron chi connectivity index (χ4n) is 2.56. The van der Waals surface area contributed by atoms with E-state index >= 15 is 0 Å². The van der Waals surface area contributed by atoms with Crippen LogP contribution in [0.2, 0.25) is 0 Å². The molecule has 0 aromatic heterocycles. The summed E-state index contributed by atoms with van der Waals surface area (Å²) < 4.78 is 5.49. The number of aryl methyl sites for hydroxylation is 2. The first-order valence-corrected chi connectivity index (χ1v) is 6.87. The largest absolute Gasteiger partial charge is 0.507 e. The number of carbonyl (C=O) groups is 1. The Hall–Kier alpha value is -1.59. The van der Waals surface area contributed by atoms with Crippen molar-refractivity contribution in [3.8, 4) is 5.75 Å². The lowest BCUT2D eigenvalue weighted by molar-refractivity contribution is -0.139. The standard InChI is InChI=1S/C15H21NO4/c1-9-6-11(7-10(2)14(9)17)13(15(18)19)16-8-12-4-3-5-20-12/h6-7,12-13,16-17H,3-5,8H2,1-2H3,(H,18,19). The van der Waals surface area contributed by atoms with Crippen LogP contribution >= 0.6 is 0 Å². The lowest BCUT2D eigenvalue weighted by Crippen LogP contribution is -2.34. The average molecular weight is 279 g/mol. The van der Waals surface area contributed by atoms with Crippen molar-refractivity contribution in [3.05, 3.63) is 28.8 Å². The normalized spacial score (nSPS) is 20.0. The summed E-state index contributed by atoms with van der Waals surface area (Å²) in [6.45, 7) is 4.81. The fraction of sp³-hybridized carbons (Fsp3) is 0.533. The first-order valence-electron chi connectivity index (χ1n) is 6.87. The van der Waals surface area contributed by atoms with E-state index in [4.69, 9.17) is 4.74 Å². The Morgan fingerprint density at radius 1 is 1.45 bits per heavy atom. The zero-order chi connectivity index (χ0) is 14.7. The number of aromatic hydroxyl groups is 1. The van der Waals surface area contributed by atoms with Crippen molar-refractivity contribution < 1.29 is 19.7 Å². The van der Waals surface area contributed by atoms with Gasteiger partial charge in [-0.05, 0) is 43.4 Å². The zero-order valence-corrected chi connectivity index (χ0v) is 11.8. The molecule has 1 saturated heterocycles. The summed E-state index contributed by atoms with van der Waals surface area (Å²) in [5, 5.41) is 22.2. The van der Waals surface area contributed by atoms with Gasteiger partial charge in [-0.25, -0.2) is 0 Å². The van der Waals surface area contributed by atoms with Gasteiger partial charge in [-0.2, -0.15) is 0 Å². The highest BCUT2D eigenvalue weighted by Gasteiger charge is 2.23. The third-order valence-electron chi connectivity index (χ3n) is 3.67. The first-order chi connectivity index (χ1) is 9.49.